The van der Waals surface area contributed by atoms with Gasteiger partial charge in [-0.2, -0.15) is 4.31 Å². The summed E-state index contributed by atoms with van der Waals surface area (Å²) in [5.41, 5.74) is 0. The average Bonchev–Trinajstić information content (AvgIpc) is 2.45. The summed E-state index contributed by atoms with van der Waals surface area (Å²) in [5.74, 6) is -2.49. The molecule has 8 nitrogen and oxygen atoms in total. The van der Waals surface area contributed by atoms with Gasteiger partial charge in [0.15, 0.2) is 0 Å². The Morgan fingerprint density at radius 1 is 1.29 bits per heavy atom. The Morgan fingerprint density at radius 2 is 1.86 bits per heavy atom. The minimum Gasteiger partial charge on any atom is -0.481 e. The number of carbonyl (C=O) groups is 2. The maximum atomic E-state index is 12.0. The van der Waals surface area contributed by atoms with Gasteiger partial charge in [-0.1, -0.05) is 0 Å². The lowest BCUT2D eigenvalue weighted by Gasteiger charge is -2.26. The van der Waals surface area contributed by atoms with Crippen molar-refractivity contribution in [2.45, 2.75) is 26.3 Å². The molecule has 1 aliphatic rings. The van der Waals surface area contributed by atoms with Gasteiger partial charge in [0.25, 0.3) is 0 Å². The second-order valence-corrected chi connectivity index (χ2v) is 7.15. The summed E-state index contributed by atoms with van der Waals surface area (Å²) < 4.78 is 30.4. The van der Waals surface area contributed by atoms with Gasteiger partial charge in [-0.3, -0.25) is 9.59 Å². The van der Waals surface area contributed by atoms with E-state index in [4.69, 9.17) is 9.84 Å². The second kappa shape index (κ2) is 7.71. The second-order valence-electron chi connectivity index (χ2n) is 5.06. The molecule has 0 spiro atoms. The van der Waals surface area contributed by atoms with Gasteiger partial charge in [0.05, 0.1) is 24.9 Å². The predicted octanol–water partition coefficient (Wildman–Crippen LogP) is -0.736. The van der Waals surface area contributed by atoms with Crippen molar-refractivity contribution in [2.75, 3.05) is 32.1 Å². The standard InChI is InChI=1S/C12H22N2O6S/c1-9(12(16)17)10(2)13-11(15)3-8-21(18,19)14-4-6-20-7-5-14/h9-10H,3-8H2,1-2H3,(H,13,15)(H,16,17). The topological polar surface area (TPSA) is 113 Å². The van der Waals surface area contributed by atoms with Crippen LogP contribution in [-0.2, 0) is 24.3 Å². The highest BCUT2D eigenvalue weighted by Gasteiger charge is 2.26. The van der Waals surface area contributed by atoms with Crippen molar-refractivity contribution >= 4 is 21.9 Å². The number of hydrogen-bond donors (Lipinski definition) is 2. The van der Waals surface area contributed by atoms with Gasteiger partial charge >= 0.3 is 5.97 Å². The first-order valence-electron chi connectivity index (χ1n) is 6.82. The van der Waals surface area contributed by atoms with Crippen molar-refractivity contribution in [1.29, 1.82) is 0 Å². The number of aliphatic carboxylic acids is 1. The highest BCUT2D eigenvalue weighted by Crippen LogP contribution is 2.08. The Bertz CT molecular complexity index is 472. The van der Waals surface area contributed by atoms with E-state index in [-0.39, 0.29) is 12.2 Å². The fourth-order valence-corrected chi connectivity index (χ4v) is 3.25. The Labute approximate surface area is 124 Å². The van der Waals surface area contributed by atoms with Crippen LogP contribution in [0.2, 0.25) is 0 Å². The van der Waals surface area contributed by atoms with E-state index in [0.717, 1.165) is 0 Å². The summed E-state index contributed by atoms with van der Waals surface area (Å²) in [6.07, 6.45) is -0.184. The molecule has 2 atom stereocenters. The number of nitrogens with zero attached hydrogens (tertiary/aromatic N) is 1. The lowest BCUT2D eigenvalue weighted by molar-refractivity contribution is -0.142. The van der Waals surface area contributed by atoms with Crippen molar-refractivity contribution in [3.05, 3.63) is 0 Å². The maximum Gasteiger partial charge on any atom is 0.308 e. The number of rotatable bonds is 7. The molecule has 21 heavy (non-hydrogen) atoms. The minimum absolute atomic E-state index is 0.184. The molecule has 0 aromatic heterocycles. The number of ether oxygens (including phenoxy) is 1. The van der Waals surface area contributed by atoms with Crippen LogP contribution in [0.3, 0.4) is 0 Å². The summed E-state index contributed by atoms with van der Waals surface area (Å²) in [6.45, 7) is 4.38. The molecular formula is C12H22N2O6S. The first-order chi connectivity index (χ1) is 9.74. The average molecular weight is 322 g/mol. The van der Waals surface area contributed by atoms with E-state index in [2.05, 4.69) is 5.32 Å². The molecule has 1 aliphatic heterocycles. The third-order valence-electron chi connectivity index (χ3n) is 3.48. The van der Waals surface area contributed by atoms with Gasteiger partial charge in [0, 0.05) is 25.6 Å². The molecule has 9 heteroatoms. The van der Waals surface area contributed by atoms with Crippen LogP contribution in [0, 0.1) is 5.92 Å². The van der Waals surface area contributed by atoms with E-state index in [1.54, 1.807) is 6.92 Å². The fraction of sp³-hybridized carbons (Fsp3) is 0.833. The third kappa shape index (κ3) is 5.60. The summed E-state index contributed by atoms with van der Waals surface area (Å²) in [6, 6.07) is -0.555. The molecule has 0 bridgehead atoms. The van der Waals surface area contributed by atoms with E-state index < -0.39 is 33.9 Å². The van der Waals surface area contributed by atoms with Crippen LogP contribution in [0.15, 0.2) is 0 Å². The highest BCUT2D eigenvalue weighted by molar-refractivity contribution is 7.89. The van der Waals surface area contributed by atoms with Crippen LogP contribution in [-0.4, -0.2) is 67.8 Å². The molecule has 0 aromatic rings. The van der Waals surface area contributed by atoms with E-state index >= 15 is 0 Å². The number of nitrogens with one attached hydrogen (secondary N) is 1. The SMILES string of the molecule is CC(NC(=O)CCS(=O)(=O)N1CCOCC1)C(C)C(=O)O. The lowest BCUT2D eigenvalue weighted by Crippen LogP contribution is -2.44. The molecule has 1 amide bonds. The maximum absolute atomic E-state index is 12.0. The molecule has 0 saturated carbocycles. The predicted molar refractivity (Wildman–Crippen MR) is 75.2 cm³/mol. The Morgan fingerprint density at radius 3 is 2.38 bits per heavy atom. The lowest BCUT2D eigenvalue weighted by atomic mass is 10.0. The molecule has 2 unspecified atom stereocenters. The normalized spacial score (nSPS) is 19.7. The molecule has 0 aromatic carbocycles. The van der Waals surface area contributed by atoms with Gasteiger partial charge in [0.2, 0.25) is 15.9 Å². The number of hydrogen-bond acceptors (Lipinski definition) is 5. The van der Waals surface area contributed by atoms with Crippen molar-refractivity contribution in [3.8, 4) is 0 Å². The monoisotopic (exact) mass is 322 g/mol. The van der Waals surface area contributed by atoms with Crippen LogP contribution in [0.1, 0.15) is 20.3 Å². The van der Waals surface area contributed by atoms with Gasteiger partial charge in [-0.25, -0.2) is 8.42 Å². The number of carbonyl (C=O) groups excluding carboxylic acids is 1. The molecule has 1 saturated heterocycles. The Kier molecular flexibility index (Phi) is 6.56. The molecule has 1 fully saturated rings. The van der Waals surface area contributed by atoms with Gasteiger partial charge in [-0.05, 0) is 13.8 Å². The molecule has 1 heterocycles. The van der Waals surface area contributed by atoms with Crippen LogP contribution in [0.25, 0.3) is 0 Å². The first kappa shape index (κ1) is 17.9. The largest absolute Gasteiger partial charge is 0.481 e. The Balaban J connectivity index is 2.43. The number of amides is 1. The van der Waals surface area contributed by atoms with Crippen molar-refractivity contribution in [3.63, 3.8) is 0 Å². The molecule has 0 radical (unpaired) electrons. The quantitative estimate of drug-likeness (QED) is 0.638. The highest BCUT2D eigenvalue weighted by atomic mass is 32.2. The molecule has 122 valence electrons. The Hall–Kier alpha value is -1.19. The molecule has 2 N–H and O–H groups in total. The zero-order valence-electron chi connectivity index (χ0n) is 12.2. The van der Waals surface area contributed by atoms with E-state index in [1.165, 1.54) is 11.2 Å². The summed E-state index contributed by atoms with van der Waals surface area (Å²) in [7, 11) is -3.47. The number of morpholine rings is 1. The van der Waals surface area contributed by atoms with E-state index in [9.17, 15) is 18.0 Å². The molecule has 0 aliphatic carbocycles. The van der Waals surface area contributed by atoms with Gasteiger partial charge < -0.3 is 15.2 Å². The number of carboxylic acids is 1. The van der Waals surface area contributed by atoms with Crippen LogP contribution in [0.4, 0.5) is 0 Å². The minimum atomic E-state index is -3.47. The van der Waals surface area contributed by atoms with Gasteiger partial charge in [0.1, 0.15) is 0 Å². The zero-order valence-corrected chi connectivity index (χ0v) is 13.1. The number of carboxylic acid groups (broad SMARTS) is 1. The summed E-state index contributed by atoms with van der Waals surface area (Å²) in [4.78, 5) is 22.5. The van der Waals surface area contributed by atoms with E-state index in [0.29, 0.717) is 26.3 Å². The summed E-state index contributed by atoms with van der Waals surface area (Å²) in [5, 5.41) is 11.3. The van der Waals surface area contributed by atoms with E-state index in [1.807, 2.05) is 0 Å². The van der Waals surface area contributed by atoms with Crippen molar-refractivity contribution in [2.24, 2.45) is 5.92 Å². The molecular weight excluding hydrogens is 300 g/mol. The van der Waals surface area contributed by atoms with Crippen molar-refractivity contribution < 1.29 is 27.9 Å². The third-order valence-corrected chi connectivity index (χ3v) is 5.35. The zero-order chi connectivity index (χ0) is 16.0. The van der Waals surface area contributed by atoms with Crippen LogP contribution in [0.5, 0.6) is 0 Å². The first-order valence-corrected chi connectivity index (χ1v) is 8.42. The van der Waals surface area contributed by atoms with Crippen LogP contribution < -0.4 is 5.32 Å². The number of sulfonamides is 1. The van der Waals surface area contributed by atoms with Crippen molar-refractivity contribution in [1.82, 2.24) is 9.62 Å². The van der Waals surface area contributed by atoms with Gasteiger partial charge in [-0.15, -0.1) is 0 Å². The summed E-state index contributed by atoms with van der Waals surface area (Å²) >= 11 is 0. The smallest absolute Gasteiger partial charge is 0.308 e. The van der Waals surface area contributed by atoms with Crippen LogP contribution >= 0.6 is 0 Å². The molecule has 1 rings (SSSR count). The fourth-order valence-electron chi connectivity index (χ4n) is 1.84.